The molecule has 0 fully saturated rings. The zero-order valence-electron chi connectivity index (χ0n) is 8.49. The fourth-order valence-corrected chi connectivity index (χ4v) is 2.19. The molecule has 0 spiro atoms. The van der Waals surface area contributed by atoms with Crippen LogP contribution >= 0.6 is 24.0 Å². The van der Waals surface area contributed by atoms with Crippen molar-refractivity contribution in [2.75, 3.05) is 0 Å². The first-order valence-electron chi connectivity index (χ1n) is 4.69. The van der Waals surface area contributed by atoms with Gasteiger partial charge in [0.05, 0.1) is 4.88 Å². The Morgan fingerprint density at radius 3 is 3.00 bits per heavy atom. The summed E-state index contributed by atoms with van der Waals surface area (Å²) in [7, 11) is 0. The van der Waals surface area contributed by atoms with Crippen molar-refractivity contribution in [3.05, 3.63) is 16.3 Å². The molecule has 0 bridgehead atoms. The molecule has 80 valence electrons. The van der Waals surface area contributed by atoms with Gasteiger partial charge in [-0.2, -0.15) is 0 Å². The molecule has 0 aliphatic carbocycles. The summed E-state index contributed by atoms with van der Waals surface area (Å²) >= 11 is 5.54. The summed E-state index contributed by atoms with van der Waals surface area (Å²) in [5.74, 6) is 2.49. The fourth-order valence-electron chi connectivity index (χ4n) is 1.14. The number of hydrogen-bond donors (Lipinski definition) is 2. The molecule has 15 heavy (non-hydrogen) atoms. The zero-order chi connectivity index (χ0) is 11.3. The van der Waals surface area contributed by atoms with Gasteiger partial charge in [0, 0.05) is 22.7 Å². The van der Waals surface area contributed by atoms with Gasteiger partial charge in [-0.05, 0) is 12.5 Å². The summed E-state index contributed by atoms with van der Waals surface area (Å²) in [6, 6.07) is 1.82. The van der Waals surface area contributed by atoms with Crippen LogP contribution in [-0.2, 0) is 0 Å². The lowest BCUT2D eigenvalue weighted by Crippen LogP contribution is -2.33. The van der Waals surface area contributed by atoms with Crippen LogP contribution in [0.1, 0.15) is 29.4 Å². The number of thiophene rings is 1. The van der Waals surface area contributed by atoms with Gasteiger partial charge in [0.1, 0.15) is 0 Å². The van der Waals surface area contributed by atoms with Gasteiger partial charge in [-0.25, -0.2) is 0 Å². The third-order valence-electron chi connectivity index (χ3n) is 2.00. The molecule has 1 amide bonds. The van der Waals surface area contributed by atoms with Gasteiger partial charge in [-0.3, -0.25) is 4.79 Å². The second-order valence-electron chi connectivity index (χ2n) is 3.16. The van der Waals surface area contributed by atoms with E-state index in [4.69, 9.17) is 6.42 Å². The molecular weight excluding hydrogens is 226 g/mol. The van der Waals surface area contributed by atoms with Crippen LogP contribution in [-0.4, -0.2) is 11.9 Å². The fraction of sp³-hybridized carbons (Fsp3) is 0.364. The Morgan fingerprint density at radius 1 is 1.80 bits per heavy atom. The predicted octanol–water partition coefficient (Wildman–Crippen LogP) is 2.57. The second-order valence-corrected chi connectivity index (χ2v) is 4.58. The maximum atomic E-state index is 11.7. The van der Waals surface area contributed by atoms with E-state index in [1.165, 1.54) is 11.3 Å². The molecule has 0 aliphatic heterocycles. The standard InChI is InChI=1S/C11H13NOS2/c1-3-5-8(4-2)12-11(13)10-6-9(14)7-15-10/h1,6-8,14H,4-5H2,2H3,(H,12,13). The van der Waals surface area contributed by atoms with E-state index < -0.39 is 0 Å². The Hall–Kier alpha value is -0.920. The topological polar surface area (TPSA) is 29.1 Å². The van der Waals surface area contributed by atoms with Gasteiger partial charge in [-0.15, -0.1) is 36.3 Å². The molecule has 2 nitrogen and oxygen atoms in total. The maximum absolute atomic E-state index is 11.7. The predicted molar refractivity (Wildman–Crippen MR) is 66.6 cm³/mol. The van der Waals surface area contributed by atoms with Crippen molar-refractivity contribution in [3.8, 4) is 12.3 Å². The molecule has 1 unspecified atom stereocenters. The summed E-state index contributed by atoms with van der Waals surface area (Å²) in [6.07, 6.45) is 6.63. The average Bonchev–Trinajstić information content (AvgIpc) is 2.64. The minimum Gasteiger partial charge on any atom is -0.348 e. The molecule has 0 aromatic carbocycles. The highest BCUT2D eigenvalue weighted by Gasteiger charge is 2.12. The van der Waals surface area contributed by atoms with Crippen LogP contribution in [0.5, 0.6) is 0 Å². The number of thiol groups is 1. The van der Waals surface area contributed by atoms with E-state index in [-0.39, 0.29) is 11.9 Å². The van der Waals surface area contributed by atoms with E-state index in [0.717, 1.165) is 11.3 Å². The van der Waals surface area contributed by atoms with Crippen molar-refractivity contribution in [2.45, 2.75) is 30.7 Å². The monoisotopic (exact) mass is 239 g/mol. The van der Waals surface area contributed by atoms with Crippen molar-refractivity contribution < 1.29 is 4.79 Å². The molecule has 1 atom stereocenters. The van der Waals surface area contributed by atoms with Crippen molar-refractivity contribution in [2.24, 2.45) is 0 Å². The smallest absolute Gasteiger partial charge is 0.261 e. The number of nitrogens with one attached hydrogen (secondary N) is 1. The Balaban J connectivity index is 2.59. The SMILES string of the molecule is C#CCC(CC)NC(=O)c1cc(S)cs1. The third kappa shape index (κ3) is 3.61. The zero-order valence-corrected chi connectivity index (χ0v) is 10.2. The lowest BCUT2D eigenvalue weighted by atomic mass is 10.1. The quantitative estimate of drug-likeness (QED) is 0.613. The molecule has 1 aromatic rings. The number of carbonyl (C=O) groups is 1. The van der Waals surface area contributed by atoms with E-state index in [0.29, 0.717) is 11.3 Å². The first-order chi connectivity index (χ1) is 7.17. The molecule has 0 radical (unpaired) electrons. The van der Waals surface area contributed by atoms with Gasteiger partial charge in [0.25, 0.3) is 5.91 Å². The van der Waals surface area contributed by atoms with Crippen LogP contribution in [0.3, 0.4) is 0 Å². The van der Waals surface area contributed by atoms with Crippen molar-refractivity contribution in [3.63, 3.8) is 0 Å². The van der Waals surface area contributed by atoms with E-state index >= 15 is 0 Å². The van der Waals surface area contributed by atoms with Gasteiger partial charge in [0.2, 0.25) is 0 Å². The molecule has 4 heteroatoms. The van der Waals surface area contributed by atoms with Crippen LogP contribution in [0.2, 0.25) is 0 Å². The van der Waals surface area contributed by atoms with Crippen molar-refractivity contribution in [1.82, 2.24) is 5.32 Å². The molecule has 1 heterocycles. The summed E-state index contributed by atoms with van der Waals surface area (Å²) in [6.45, 7) is 2.00. The van der Waals surface area contributed by atoms with E-state index in [9.17, 15) is 4.79 Å². The summed E-state index contributed by atoms with van der Waals surface area (Å²) in [5, 5.41) is 4.73. The number of terminal acetylenes is 1. The first-order valence-corrected chi connectivity index (χ1v) is 6.01. The Kier molecular flexibility index (Phi) is 4.73. The summed E-state index contributed by atoms with van der Waals surface area (Å²) in [5.41, 5.74) is 0. The number of amides is 1. The summed E-state index contributed by atoms with van der Waals surface area (Å²) in [4.78, 5) is 13.2. The lowest BCUT2D eigenvalue weighted by molar-refractivity contribution is 0.0940. The molecule has 0 aliphatic rings. The highest BCUT2D eigenvalue weighted by Crippen LogP contribution is 2.17. The van der Waals surface area contributed by atoms with Gasteiger partial charge in [-0.1, -0.05) is 6.92 Å². The van der Waals surface area contributed by atoms with Crippen LogP contribution in [0.25, 0.3) is 0 Å². The van der Waals surface area contributed by atoms with E-state index in [1.54, 1.807) is 6.07 Å². The normalized spacial score (nSPS) is 11.8. The number of carbonyl (C=O) groups excluding carboxylic acids is 1. The highest BCUT2D eigenvalue weighted by atomic mass is 32.1. The Bertz CT molecular complexity index is 378. The maximum Gasteiger partial charge on any atom is 0.261 e. The molecule has 1 rings (SSSR count). The van der Waals surface area contributed by atoms with Crippen LogP contribution in [0, 0.1) is 12.3 Å². The van der Waals surface area contributed by atoms with Crippen molar-refractivity contribution in [1.29, 1.82) is 0 Å². The molecule has 0 saturated heterocycles. The average molecular weight is 239 g/mol. The molecule has 0 saturated carbocycles. The minimum atomic E-state index is -0.0672. The van der Waals surface area contributed by atoms with Gasteiger partial charge in [0.15, 0.2) is 0 Å². The second kappa shape index (κ2) is 5.84. The summed E-state index contributed by atoms with van der Waals surface area (Å²) < 4.78 is 0. The van der Waals surface area contributed by atoms with Crippen LogP contribution in [0.4, 0.5) is 0 Å². The third-order valence-corrected chi connectivity index (χ3v) is 3.36. The van der Waals surface area contributed by atoms with E-state index in [2.05, 4.69) is 23.9 Å². The largest absolute Gasteiger partial charge is 0.348 e. The molecular formula is C11H13NOS2. The number of rotatable bonds is 4. The molecule has 1 aromatic heterocycles. The van der Waals surface area contributed by atoms with Crippen LogP contribution < -0.4 is 5.32 Å². The molecule has 1 N–H and O–H groups in total. The van der Waals surface area contributed by atoms with E-state index in [1.807, 2.05) is 12.3 Å². The minimum absolute atomic E-state index is 0.0629. The van der Waals surface area contributed by atoms with Crippen LogP contribution in [0.15, 0.2) is 16.3 Å². The van der Waals surface area contributed by atoms with Gasteiger partial charge < -0.3 is 5.32 Å². The van der Waals surface area contributed by atoms with Crippen molar-refractivity contribution >= 4 is 29.9 Å². The highest BCUT2D eigenvalue weighted by molar-refractivity contribution is 7.80. The first kappa shape index (κ1) is 12.2. The number of hydrogen-bond acceptors (Lipinski definition) is 3. The Morgan fingerprint density at radius 2 is 2.53 bits per heavy atom. The Labute approximate surface area is 99.5 Å². The van der Waals surface area contributed by atoms with Gasteiger partial charge >= 0.3 is 0 Å². The lowest BCUT2D eigenvalue weighted by Gasteiger charge is -2.12.